The zero-order valence-corrected chi connectivity index (χ0v) is 18.6. The van der Waals surface area contributed by atoms with Gasteiger partial charge in [0, 0.05) is 50.1 Å². The van der Waals surface area contributed by atoms with Crippen molar-refractivity contribution in [1.82, 2.24) is 20.1 Å². The molecule has 31 heavy (non-hydrogen) atoms. The third-order valence-corrected chi connectivity index (χ3v) is 5.19. The molecule has 7 nitrogen and oxygen atoms in total. The van der Waals surface area contributed by atoms with E-state index < -0.39 is 0 Å². The van der Waals surface area contributed by atoms with Gasteiger partial charge in [-0.25, -0.2) is 4.98 Å². The largest absolute Gasteiger partial charge is 0.365 e. The third kappa shape index (κ3) is 7.08. The van der Waals surface area contributed by atoms with Crippen molar-refractivity contribution >= 4 is 29.2 Å². The van der Waals surface area contributed by atoms with Gasteiger partial charge in [0.15, 0.2) is 0 Å². The van der Waals surface area contributed by atoms with Crippen molar-refractivity contribution in [2.75, 3.05) is 39.0 Å². The summed E-state index contributed by atoms with van der Waals surface area (Å²) in [5.74, 6) is 0.634. The Bertz CT molecular complexity index is 913. The molecule has 0 radical (unpaired) electrons. The Morgan fingerprint density at radius 1 is 1.23 bits per heavy atom. The fourth-order valence-electron chi connectivity index (χ4n) is 3.30. The molecule has 1 aliphatic heterocycles. The molecule has 0 aliphatic carbocycles. The summed E-state index contributed by atoms with van der Waals surface area (Å²) < 4.78 is 0. The average Bonchev–Trinajstić information content (AvgIpc) is 3.22. The molecule has 0 bridgehead atoms. The van der Waals surface area contributed by atoms with E-state index in [4.69, 9.17) is 11.6 Å². The number of halogens is 1. The zero-order chi connectivity index (χ0) is 22.2. The molecule has 8 heteroatoms. The summed E-state index contributed by atoms with van der Waals surface area (Å²) in [6.07, 6.45) is 5.82. The van der Waals surface area contributed by atoms with Crippen LogP contribution in [0.3, 0.4) is 0 Å². The van der Waals surface area contributed by atoms with Gasteiger partial charge < -0.3 is 20.4 Å². The Morgan fingerprint density at radius 3 is 2.68 bits per heavy atom. The van der Waals surface area contributed by atoms with Crippen molar-refractivity contribution in [3.8, 4) is 0 Å². The summed E-state index contributed by atoms with van der Waals surface area (Å²) in [6.45, 7) is 2.46. The van der Waals surface area contributed by atoms with Crippen molar-refractivity contribution in [3.63, 3.8) is 0 Å². The molecule has 0 spiro atoms. The summed E-state index contributed by atoms with van der Waals surface area (Å²) in [5.41, 5.74) is 1.59. The van der Waals surface area contributed by atoms with Crippen LogP contribution >= 0.6 is 11.6 Å². The highest BCUT2D eigenvalue weighted by atomic mass is 35.5. The number of aromatic nitrogens is 1. The van der Waals surface area contributed by atoms with Gasteiger partial charge in [0.1, 0.15) is 5.82 Å². The number of likely N-dealkylation sites (tertiary alicyclic amines) is 1. The fraction of sp³-hybridized carbons (Fsp3) is 0.348. The van der Waals surface area contributed by atoms with Gasteiger partial charge >= 0.3 is 0 Å². The van der Waals surface area contributed by atoms with E-state index in [-0.39, 0.29) is 17.9 Å². The van der Waals surface area contributed by atoms with E-state index >= 15 is 0 Å². The van der Waals surface area contributed by atoms with Crippen molar-refractivity contribution in [2.24, 2.45) is 0 Å². The van der Waals surface area contributed by atoms with Crippen LogP contribution in [0.25, 0.3) is 0 Å². The van der Waals surface area contributed by atoms with E-state index in [9.17, 15) is 9.59 Å². The van der Waals surface area contributed by atoms with Crippen LogP contribution in [-0.4, -0.2) is 66.4 Å². The summed E-state index contributed by atoms with van der Waals surface area (Å²) in [5, 5.41) is 6.79. The quantitative estimate of drug-likeness (QED) is 0.616. The number of pyridine rings is 1. The van der Waals surface area contributed by atoms with Crippen molar-refractivity contribution in [3.05, 3.63) is 70.9 Å². The van der Waals surface area contributed by atoms with E-state index in [2.05, 4.69) is 15.6 Å². The molecule has 2 aromatic rings. The van der Waals surface area contributed by atoms with Gasteiger partial charge in [-0.15, -0.1) is 0 Å². The molecule has 1 atom stereocenters. The van der Waals surface area contributed by atoms with Gasteiger partial charge in [-0.1, -0.05) is 29.8 Å². The second kappa shape index (κ2) is 10.9. The number of hydrogen-bond acceptors (Lipinski definition) is 5. The average molecular weight is 442 g/mol. The molecule has 3 rings (SSSR count). The number of anilines is 1. The van der Waals surface area contributed by atoms with Crippen LogP contribution in [0.1, 0.15) is 22.3 Å². The summed E-state index contributed by atoms with van der Waals surface area (Å²) in [7, 11) is 3.89. The summed E-state index contributed by atoms with van der Waals surface area (Å²) >= 11 is 5.87. The van der Waals surface area contributed by atoms with E-state index in [0.717, 1.165) is 17.8 Å². The standard InChI is InChI=1S/C23H28ClN5O2/c1-28(2)12-3-4-22(30)26-14-17-5-7-18(8-6-17)23(31)29-13-11-20(16-29)27-21-10-9-19(24)15-25-21/h3-10,15,20H,11-14,16H2,1-2H3,(H,25,27)(H,26,30)/b4-3+/t20-/m1/s1. The zero-order valence-electron chi connectivity index (χ0n) is 17.8. The van der Waals surface area contributed by atoms with Crippen LogP contribution in [0.15, 0.2) is 54.7 Å². The van der Waals surface area contributed by atoms with Crippen molar-refractivity contribution in [1.29, 1.82) is 0 Å². The molecule has 1 aromatic heterocycles. The van der Waals surface area contributed by atoms with Crippen LogP contribution < -0.4 is 10.6 Å². The molecule has 2 heterocycles. The number of nitrogens with one attached hydrogen (secondary N) is 2. The third-order valence-electron chi connectivity index (χ3n) is 4.96. The topological polar surface area (TPSA) is 77.6 Å². The molecule has 1 aliphatic rings. The molecule has 0 saturated carbocycles. The first-order chi connectivity index (χ1) is 14.9. The van der Waals surface area contributed by atoms with Crippen LogP contribution in [0.5, 0.6) is 0 Å². The maximum atomic E-state index is 12.8. The highest BCUT2D eigenvalue weighted by molar-refractivity contribution is 6.30. The van der Waals surface area contributed by atoms with E-state index in [1.165, 1.54) is 6.08 Å². The Labute approximate surface area is 188 Å². The predicted octanol–water partition coefficient (Wildman–Crippen LogP) is 2.80. The SMILES string of the molecule is CN(C)C/C=C/C(=O)NCc1ccc(C(=O)N2CC[C@@H](Nc3ccc(Cl)cn3)C2)cc1. The summed E-state index contributed by atoms with van der Waals surface area (Å²) in [4.78, 5) is 32.7. The van der Waals surface area contributed by atoms with Crippen molar-refractivity contribution < 1.29 is 9.59 Å². The normalized spacial score (nSPS) is 16.1. The maximum Gasteiger partial charge on any atom is 0.253 e. The molecule has 164 valence electrons. The lowest BCUT2D eigenvalue weighted by Crippen LogP contribution is -2.31. The highest BCUT2D eigenvalue weighted by Crippen LogP contribution is 2.18. The Balaban J connectivity index is 1.47. The number of carbonyl (C=O) groups is 2. The number of benzene rings is 1. The van der Waals surface area contributed by atoms with Gasteiger partial charge in [0.2, 0.25) is 5.91 Å². The first kappa shape index (κ1) is 22.8. The smallest absolute Gasteiger partial charge is 0.253 e. The molecule has 1 fully saturated rings. The number of hydrogen-bond donors (Lipinski definition) is 2. The fourth-order valence-corrected chi connectivity index (χ4v) is 3.41. The minimum atomic E-state index is -0.132. The van der Waals surface area contributed by atoms with Crippen LogP contribution in [-0.2, 0) is 11.3 Å². The first-order valence-electron chi connectivity index (χ1n) is 10.3. The molecular formula is C23H28ClN5O2. The second-order valence-electron chi connectivity index (χ2n) is 7.82. The second-order valence-corrected chi connectivity index (χ2v) is 8.26. The molecule has 1 aromatic carbocycles. The molecule has 0 unspecified atom stereocenters. The minimum Gasteiger partial charge on any atom is -0.365 e. The molecule has 2 N–H and O–H groups in total. The van der Waals surface area contributed by atoms with Crippen molar-refractivity contribution in [2.45, 2.75) is 19.0 Å². The van der Waals surface area contributed by atoms with Gasteiger partial charge in [-0.3, -0.25) is 9.59 Å². The van der Waals surface area contributed by atoms with Gasteiger partial charge in [0.05, 0.1) is 5.02 Å². The van der Waals surface area contributed by atoms with Crippen LogP contribution in [0.2, 0.25) is 5.02 Å². The first-order valence-corrected chi connectivity index (χ1v) is 10.6. The van der Waals surface area contributed by atoms with E-state index in [0.29, 0.717) is 36.8 Å². The highest BCUT2D eigenvalue weighted by Gasteiger charge is 2.27. The number of amides is 2. The monoisotopic (exact) mass is 441 g/mol. The van der Waals surface area contributed by atoms with Gasteiger partial charge in [-0.2, -0.15) is 0 Å². The lowest BCUT2D eigenvalue weighted by molar-refractivity contribution is -0.116. The van der Waals surface area contributed by atoms with Gasteiger partial charge in [-0.05, 0) is 50.3 Å². The van der Waals surface area contributed by atoms with Gasteiger partial charge in [0.25, 0.3) is 5.91 Å². The van der Waals surface area contributed by atoms with E-state index in [1.54, 1.807) is 12.3 Å². The minimum absolute atomic E-state index is 0.00979. The Hall–Kier alpha value is -2.90. The molecule has 1 saturated heterocycles. The predicted molar refractivity (Wildman–Crippen MR) is 123 cm³/mol. The molecular weight excluding hydrogens is 414 g/mol. The number of likely N-dealkylation sites (N-methyl/N-ethyl adjacent to an activating group) is 1. The molecule has 2 amide bonds. The lowest BCUT2D eigenvalue weighted by atomic mass is 10.1. The Kier molecular flexibility index (Phi) is 8.03. The van der Waals surface area contributed by atoms with Crippen LogP contribution in [0.4, 0.5) is 5.82 Å². The Morgan fingerprint density at radius 2 is 2.00 bits per heavy atom. The van der Waals surface area contributed by atoms with Crippen LogP contribution in [0, 0.1) is 0 Å². The number of rotatable bonds is 8. The van der Waals surface area contributed by atoms with E-state index in [1.807, 2.05) is 60.3 Å². The maximum absolute atomic E-state index is 12.8. The number of nitrogens with zero attached hydrogens (tertiary/aromatic N) is 3. The lowest BCUT2D eigenvalue weighted by Gasteiger charge is -2.17. The number of carbonyl (C=O) groups excluding carboxylic acids is 2. The summed E-state index contributed by atoms with van der Waals surface area (Å²) in [6, 6.07) is 11.2.